The van der Waals surface area contributed by atoms with Crippen LogP contribution in [0.25, 0.3) is 0 Å². The molecule has 114 valence electrons. The van der Waals surface area contributed by atoms with Crippen LogP contribution in [-0.2, 0) is 16.4 Å². The first kappa shape index (κ1) is 14.6. The fourth-order valence-corrected chi connectivity index (χ4v) is 4.54. The molecule has 0 amide bonds. The lowest BCUT2D eigenvalue weighted by Crippen LogP contribution is -2.36. The first-order valence-electron chi connectivity index (χ1n) is 6.85. The van der Waals surface area contributed by atoms with Crippen molar-refractivity contribution in [3.05, 3.63) is 59.7 Å². The summed E-state index contributed by atoms with van der Waals surface area (Å²) in [6.45, 7) is 1.83. The number of para-hydroxylation sites is 1. The molecule has 0 unspecified atom stereocenters. The molecule has 2 aromatic carbocycles. The van der Waals surface area contributed by atoms with Crippen LogP contribution in [0.15, 0.2) is 53.4 Å². The van der Waals surface area contributed by atoms with Gasteiger partial charge in [-0.05, 0) is 42.7 Å². The second-order valence-electron chi connectivity index (χ2n) is 5.30. The number of carboxylic acids is 1. The third-order valence-corrected chi connectivity index (χ3v) is 5.70. The molecule has 1 aliphatic heterocycles. The average molecular weight is 316 g/mol. The van der Waals surface area contributed by atoms with E-state index in [1.807, 2.05) is 19.1 Å². The van der Waals surface area contributed by atoms with Crippen molar-refractivity contribution >= 4 is 21.7 Å². The zero-order valence-corrected chi connectivity index (χ0v) is 12.7. The molecule has 0 saturated carbocycles. The molecule has 0 N–H and O–H groups in total. The van der Waals surface area contributed by atoms with Gasteiger partial charge in [-0.1, -0.05) is 30.3 Å². The molecule has 0 saturated heterocycles. The first-order valence-corrected chi connectivity index (χ1v) is 8.29. The van der Waals surface area contributed by atoms with E-state index in [4.69, 9.17) is 0 Å². The van der Waals surface area contributed by atoms with E-state index in [0.29, 0.717) is 12.1 Å². The van der Waals surface area contributed by atoms with Gasteiger partial charge in [-0.15, -0.1) is 0 Å². The molecule has 0 bridgehead atoms. The van der Waals surface area contributed by atoms with Crippen LogP contribution in [0.5, 0.6) is 0 Å². The lowest BCUT2D eigenvalue weighted by molar-refractivity contribution is -0.255. The number of hydrogen-bond acceptors (Lipinski definition) is 4. The topological polar surface area (TPSA) is 77.5 Å². The summed E-state index contributed by atoms with van der Waals surface area (Å²) in [4.78, 5) is 10.9. The number of nitrogens with zero attached hydrogens (tertiary/aromatic N) is 1. The largest absolute Gasteiger partial charge is 0.545 e. The Morgan fingerprint density at radius 3 is 2.64 bits per heavy atom. The molecule has 1 aliphatic rings. The van der Waals surface area contributed by atoms with Crippen LogP contribution in [0.3, 0.4) is 0 Å². The SMILES string of the molecule is C[C@@H]1Cc2ccccc2N1S(=O)(=O)c1cccc(C(=O)[O-])c1. The van der Waals surface area contributed by atoms with E-state index in [1.54, 1.807) is 12.1 Å². The van der Waals surface area contributed by atoms with Gasteiger partial charge in [0.15, 0.2) is 0 Å². The predicted molar refractivity (Wildman–Crippen MR) is 80.0 cm³/mol. The van der Waals surface area contributed by atoms with E-state index in [0.717, 1.165) is 11.6 Å². The molecule has 22 heavy (non-hydrogen) atoms. The minimum absolute atomic E-state index is 0.0437. The zero-order valence-electron chi connectivity index (χ0n) is 11.9. The Hall–Kier alpha value is -2.34. The number of aromatic carboxylic acids is 1. The van der Waals surface area contributed by atoms with Gasteiger partial charge in [0.1, 0.15) is 0 Å². The maximum Gasteiger partial charge on any atom is 0.264 e. The number of hydrogen-bond donors (Lipinski definition) is 0. The summed E-state index contributed by atoms with van der Waals surface area (Å²) in [6, 6.07) is 12.4. The molecule has 1 atom stereocenters. The van der Waals surface area contributed by atoms with Crippen molar-refractivity contribution in [1.29, 1.82) is 0 Å². The van der Waals surface area contributed by atoms with Crippen LogP contribution < -0.4 is 9.41 Å². The predicted octanol–water partition coefficient (Wildman–Crippen LogP) is 1.19. The molecule has 6 heteroatoms. The summed E-state index contributed by atoms with van der Waals surface area (Å²) >= 11 is 0. The van der Waals surface area contributed by atoms with Gasteiger partial charge in [0.05, 0.1) is 16.6 Å². The number of sulfonamides is 1. The standard InChI is InChI=1S/C16H15NO4S/c1-11-9-12-5-2-3-8-15(12)17(11)22(20,21)14-7-4-6-13(10-14)16(18)19/h2-8,10-11H,9H2,1H3,(H,18,19)/p-1/t11-/m1/s1. The maximum atomic E-state index is 12.9. The first-order chi connectivity index (χ1) is 10.4. The van der Waals surface area contributed by atoms with Crippen molar-refractivity contribution in [2.75, 3.05) is 4.31 Å². The number of carbonyl (C=O) groups is 1. The van der Waals surface area contributed by atoms with Gasteiger partial charge in [0.25, 0.3) is 10.0 Å². The van der Waals surface area contributed by atoms with Crippen molar-refractivity contribution in [1.82, 2.24) is 0 Å². The van der Waals surface area contributed by atoms with E-state index in [2.05, 4.69) is 0 Å². The van der Waals surface area contributed by atoms with E-state index in [1.165, 1.54) is 22.5 Å². The lowest BCUT2D eigenvalue weighted by atomic mass is 10.1. The highest BCUT2D eigenvalue weighted by Gasteiger charge is 2.35. The molecule has 5 nitrogen and oxygen atoms in total. The highest BCUT2D eigenvalue weighted by Crippen LogP contribution is 2.36. The molecule has 3 rings (SSSR count). The van der Waals surface area contributed by atoms with Crippen molar-refractivity contribution in [2.45, 2.75) is 24.3 Å². The Labute approximate surface area is 128 Å². The Kier molecular flexibility index (Phi) is 3.41. The maximum absolute atomic E-state index is 12.9. The minimum Gasteiger partial charge on any atom is -0.545 e. The summed E-state index contributed by atoms with van der Waals surface area (Å²) in [6.07, 6.45) is 0.635. The highest BCUT2D eigenvalue weighted by atomic mass is 32.2. The lowest BCUT2D eigenvalue weighted by Gasteiger charge is -2.24. The number of benzene rings is 2. The van der Waals surface area contributed by atoms with Crippen LogP contribution in [0.2, 0.25) is 0 Å². The minimum atomic E-state index is -3.82. The van der Waals surface area contributed by atoms with Crippen LogP contribution >= 0.6 is 0 Å². The summed E-state index contributed by atoms with van der Waals surface area (Å²) in [7, 11) is -3.82. The Morgan fingerprint density at radius 1 is 1.18 bits per heavy atom. The van der Waals surface area contributed by atoms with E-state index >= 15 is 0 Å². The Balaban J connectivity index is 2.11. The summed E-state index contributed by atoms with van der Waals surface area (Å²) in [5.41, 5.74) is 1.46. The Bertz CT molecular complexity index is 845. The zero-order chi connectivity index (χ0) is 15.9. The summed E-state index contributed by atoms with van der Waals surface area (Å²) < 4.78 is 27.1. The second-order valence-corrected chi connectivity index (χ2v) is 7.11. The van der Waals surface area contributed by atoms with Crippen LogP contribution in [0.1, 0.15) is 22.8 Å². The molecule has 0 aliphatic carbocycles. The van der Waals surface area contributed by atoms with Crippen LogP contribution in [0.4, 0.5) is 5.69 Å². The third kappa shape index (κ3) is 2.25. The number of carboxylic acid groups (broad SMARTS) is 1. The average Bonchev–Trinajstić information content (AvgIpc) is 2.83. The van der Waals surface area contributed by atoms with Gasteiger partial charge in [0.2, 0.25) is 0 Å². The number of anilines is 1. The van der Waals surface area contributed by atoms with Gasteiger partial charge in [-0.3, -0.25) is 4.31 Å². The third-order valence-electron chi connectivity index (χ3n) is 3.77. The van der Waals surface area contributed by atoms with Gasteiger partial charge < -0.3 is 9.90 Å². The van der Waals surface area contributed by atoms with Gasteiger partial charge in [0, 0.05) is 6.04 Å². The van der Waals surface area contributed by atoms with Gasteiger partial charge >= 0.3 is 0 Å². The van der Waals surface area contributed by atoms with Crippen LogP contribution in [0, 0.1) is 0 Å². The van der Waals surface area contributed by atoms with E-state index in [-0.39, 0.29) is 16.5 Å². The van der Waals surface area contributed by atoms with Crippen molar-refractivity contribution in [2.24, 2.45) is 0 Å². The quantitative estimate of drug-likeness (QED) is 0.852. The van der Waals surface area contributed by atoms with E-state index < -0.39 is 16.0 Å². The summed E-state index contributed by atoms with van der Waals surface area (Å²) in [5, 5.41) is 10.9. The monoisotopic (exact) mass is 316 g/mol. The molecule has 0 fully saturated rings. The van der Waals surface area contributed by atoms with Gasteiger partial charge in [-0.2, -0.15) is 0 Å². The molecule has 1 heterocycles. The van der Waals surface area contributed by atoms with Crippen molar-refractivity contribution in [3.8, 4) is 0 Å². The Morgan fingerprint density at radius 2 is 1.91 bits per heavy atom. The van der Waals surface area contributed by atoms with E-state index in [9.17, 15) is 18.3 Å². The molecule has 0 spiro atoms. The smallest absolute Gasteiger partial charge is 0.264 e. The summed E-state index contributed by atoms with van der Waals surface area (Å²) in [5.74, 6) is -1.40. The molecule has 2 aromatic rings. The fourth-order valence-electron chi connectivity index (χ4n) is 2.80. The highest BCUT2D eigenvalue weighted by molar-refractivity contribution is 7.92. The van der Waals surface area contributed by atoms with Crippen molar-refractivity contribution in [3.63, 3.8) is 0 Å². The number of rotatable bonds is 3. The second kappa shape index (κ2) is 5.14. The molecular formula is C16H14NO4S-. The van der Waals surface area contributed by atoms with Gasteiger partial charge in [-0.25, -0.2) is 8.42 Å². The normalized spacial score (nSPS) is 17.3. The number of fused-ring (bicyclic) bond motifs is 1. The van der Waals surface area contributed by atoms with Crippen LogP contribution in [-0.4, -0.2) is 20.4 Å². The fraction of sp³-hybridized carbons (Fsp3) is 0.188. The molecule has 0 aromatic heterocycles. The number of carbonyl (C=O) groups excluding carboxylic acids is 1. The molecular weight excluding hydrogens is 302 g/mol. The molecule has 0 radical (unpaired) electrons. The van der Waals surface area contributed by atoms with Crippen molar-refractivity contribution < 1.29 is 18.3 Å².